The molecule has 0 aliphatic heterocycles. The van der Waals surface area contributed by atoms with Gasteiger partial charge in [0.2, 0.25) is 0 Å². The van der Waals surface area contributed by atoms with E-state index in [9.17, 15) is 13.2 Å². The van der Waals surface area contributed by atoms with Crippen LogP contribution in [0, 0.1) is 0 Å². The molecule has 0 radical (unpaired) electrons. The van der Waals surface area contributed by atoms with E-state index >= 15 is 0 Å². The molecule has 4 rings (SSSR count). The molecule has 130 valence electrons. The summed E-state index contributed by atoms with van der Waals surface area (Å²) in [7, 11) is 0. The summed E-state index contributed by atoms with van der Waals surface area (Å²) in [6.45, 7) is 0.657. The highest BCUT2D eigenvalue weighted by Crippen LogP contribution is 2.33. The Morgan fingerprint density at radius 2 is 1.38 bits per heavy atom. The number of para-hydroxylation sites is 1. The second-order valence-electron chi connectivity index (χ2n) is 6.24. The fourth-order valence-corrected chi connectivity index (χ4v) is 3.22. The Balaban J connectivity index is 1.83. The Morgan fingerprint density at radius 3 is 2.08 bits per heavy atom. The molecular formula is C22H16F3N. The monoisotopic (exact) mass is 351 g/mol. The highest BCUT2D eigenvalue weighted by molar-refractivity contribution is 5.87. The SMILES string of the molecule is FC(F)(F)c1ccc(-c2cc3ccccc3n2Cc2ccccc2)cc1. The molecule has 1 heterocycles. The molecule has 0 N–H and O–H groups in total. The lowest BCUT2D eigenvalue weighted by Crippen LogP contribution is -2.05. The Morgan fingerprint density at radius 1 is 0.731 bits per heavy atom. The second kappa shape index (κ2) is 6.37. The number of benzene rings is 3. The van der Waals surface area contributed by atoms with Crippen LogP contribution in [0.2, 0.25) is 0 Å². The van der Waals surface area contributed by atoms with Gasteiger partial charge in [0, 0.05) is 23.1 Å². The van der Waals surface area contributed by atoms with Crippen molar-refractivity contribution < 1.29 is 13.2 Å². The molecule has 0 unspecified atom stereocenters. The Bertz CT molecular complexity index is 1030. The van der Waals surface area contributed by atoms with E-state index in [0.717, 1.165) is 39.9 Å². The molecule has 4 heteroatoms. The molecule has 1 nitrogen and oxygen atoms in total. The van der Waals surface area contributed by atoms with Crippen LogP contribution in [0.1, 0.15) is 11.1 Å². The Kier molecular flexibility index (Phi) is 4.03. The maximum Gasteiger partial charge on any atom is 0.416 e. The van der Waals surface area contributed by atoms with Gasteiger partial charge >= 0.3 is 6.18 Å². The number of nitrogens with zero attached hydrogens (tertiary/aromatic N) is 1. The molecular weight excluding hydrogens is 335 g/mol. The molecule has 0 fully saturated rings. The van der Waals surface area contributed by atoms with Crippen molar-refractivity contribution in [2.24, 2.45) is 0 Å². The topological polar surface area (TPSA) is 4.93 Å². The van der Waals surface area contributed by atoms with Crippen molar-refractivity contribution in [3.05, 3.63) is 96.1 Å². The van der Waals surface area contributed by atoms with Crippen LogP contribution in [0.5, 0.6) is 0 Å². The van der Waals surface area contributed by atoms with Crippen molar-refractivity contribution in [2.75, 3.05) is 0 Å². The number of aromatic nitrogens is 1. The fraction of sp³-hybridized carbons (Fsp3) is 0.0909. The van der Waals surface area contributed by atoms with Gasteiger partial charge < -0.3 is 4.57 Å². The van der Waals surface area contributed by atoms with Crippen LogP contribution < -0.4 is 0 Å². The average Bonchev–Trinajstić information content (AvgIpc) is 3.01. The minimum Gasteiger partial charge on any atom is -0.336 e. The van der Waals surface area contributed by atoms with E-state index in [1.54, 1.807) is 12.1 Å². The molecule has 3 aromatic carbocycles. The predicted molar refractivity (Wildman–Crippen MR) is 97.9 cm³/mol. The van der Waals surface area contributed by atoms with Gasteiger partial charge in [0.1, 0.15) is 0 Å². The molecule has 26 heavy (non-hydrogen) atoms. The highest BCUT2D eigenvalue weighted by Gasteiger charge is 2.30. The molecule has 0 aliphatic rings. The van der Waals surface area contributed by atoms with Crippen molar-refractivity contribution in [1.29, 1.82) is 0 Å². The molecule has 1 aromatic heterocycles. The van der Waals surface area contributed by atoms with Gasteiger partial charge in [-0.05, 0) is 35.4 Å². The first-order valence-corrected chi connectivity index (χ1v) is 8.32. The standard InChI is InChI=1S/C22H16F3N/c23-22(24,25)19-12-10-17(11-13-19)21-14-18-8-4-5-9-20(18)26(21)15-16-6-2-1-3-7-16/h1-14H,15H2. The van der Waals surface area contributed by atoms with Crippen LogP contribution in [0.25, 0.3) is 22.2 Å². The van der Waals surface area contributed by atoms with Gasteiger partial charge in [-0.3, -0.25) is 0 Å². The van der Waals surface area contributed by atoms with Crippen LogP contribution >= 0.6 is 0 Å². The maximum atomic E-state index is 12.9. The number of hydrogen-bond donors (Lipinski definition) is 0. The lowest BCUT2D eigenvalue weighted by Gasteiger charge is -2.12. The van der Waals surface area contributed by atoms with Gasteiger partial charge in [0.05, 0.1) is 5.56 Å². The molecule has 0 aliphatic carbocycles. The molecule has 0 atom stereocenters. The minimum atomic E-state index is -4.32. The van der Waals surface area contributed by atoms with Crippen LogP contribution in [-0.2, 0) is 12.7 Å². The molecule has 0 saturated heterocycles. The third-order valence-electron chi connectivity index (χ3n) is 4.50. The molecule has 4 aromatic rings. The van der Waals surface area contributed by atoms with Crippen LogP contribution in [0.15, 0.2) is 84.9 Å². The zero-order valence-corrected chi connectivity index (χ0v) is 13.9. The number of hydrogen-bond acceptors (Lipinski definition) is 0. The summed E-state index contributed by atoms with van der Waals surface area (Å²) in [5.74, 6) is 0. The van der Waals surface area contributed by atoms with Crippen molar-refractivity contribution in [3.8, 4) is 11.3 Å². The Hall–Kier alpha value is -3.01. The summed E-state index contributed by atoms with van der Waals surface area (Å²) in [4.78, 5) is 0. The summed E-state index contributed by atoms with van der Waals surface area (Å²) in [5, 5.41) is 1.07. The Labute approximate surface area is 149 Å². The van der Waals surface area contributed by atoms with Crippen LogP contribution in [0.3, 0.4) is 0 Å². The summed E-state index contributed by atoms with van der Waals surface area (Å²) in [5.41, 5.74) is 3.24. The van der Waals surface area contributed by atoms with Gasteiger partial charge in [0.25, 0.3) is 0 Å². The smallest absolute Gasteiger partial charge is 0.336 e. The third-order valence-corrected chi connectivity index (χ3v) is 4.50. The first-order chi connectivity index (χ1) is 12.5. The van der Waals surface area contributed by atoms with Gasteiger partial charge in [0.15, 0.2) is 0 Å². The lowest BCUT2D eigenvalue weighted by atomic mass is 10.1. The third kappa shape index (κ3) is 3.10. The van der Waals surface area contributed by atoms with Gasteiger partial charge in [-0.25, -0.2) is 0 Å². The van der Waals surface area contributed by atoms with E-state index in [4.69, 9.17) is 0 Å². The first-order valence-electron chi connectivity index (χ1n) is 8.32. The lowest BCUT2D eigenvalue weighted by molar-refractivity contribution is -0.137. The van der Waals surface area contributed by atoms with E-state index < -0.39 is 11.7 Å². The zero-order valence-electron chi connectivity index (χ0n) is 13.9. The normalized spacial score (nSPS) is 11.8. The van der Waals surface area contributed by atoms with Crippen LogP contribution in [-0.4, -0.2) is 4.57 Å². The van der Waals surface area contributed by atoms with Crippen molar-refractivity contribution in [2.45, 2.75) is 12.7 Å². The largest absolute Gasteiger partial charge is 0.416 e. The van der Waals surface area contributed by atoms with Gasteiger partial charge in [-0.2, -0.15) is 13.2 Å². The maximum absolute atomic E-state index is 12.9. The highest BCUT2D eigenvalue weighted by atomic mass is 19.4. The molecule has 0 bridgehead atoms. The average molecular weight is 351 g/mol. The van der Waals surface area contributed by atoms with Crippen LogP contribution in [0.4, 0.5) is 13.2 Å². The molecule has 0 saturated carbocycles. The number of alkyl halides is 3. The second-order valence-corrected chi connectivity index (χ2v) is 6.24. The van der Waals surface area contributed by atoms with Crippen molar-refractivity contribution in [1.82, 2.24) is 4.57 Å². The quantitative estimate of drug-likeness (QED) is 0.404. The summed E-state index contributed by atoms with van der Waals surface area (Å²) < 4.78 is 40.7. The van der Waals surface area contributed by atoms with E-state index in [0.29, 0.717) is 6.54 Å². The first kappa shape index (κ1) is 16.5. The molecule has 0 amide bonds. The van der Waals surface area contributed by atoms with E-state index in [1.807, 2.05) is 60.7 Å². The molecule has 0 spiro atoms. The summed E-state index contributed by atoms with van der Waals surface area (Å²) in [6.07, 6.45) is -4.32. The van der Waals surface area contributed by atoms with Gasteiger partial charge in [-0.15, -0.1) is 0 Å². The number of fused-ring (bicyclic) bond motifs is 1. The van der Waals surface area contributed by atoms with E-state index in [-0.39, 0.29) is 0 Å². The minimum absolute atomic E-state index is 0.632. The van der Waals surface area contributed by atoms with Crippen molar-refractivity contribution in [3.63, 3.8) is 0 Å². The van der Waals surface area contributed by atoms with Gasteiger partial charge in [-0.1, -0.05) is 60.7 Å². The van der Waals surface area contributed by atoms with E-state index in [1.165, 1.54) is 0 Å². The van der Waals surface area contributed by atoms with Crippen molar-refractivity contribution >= 4 is 10.9 Å². The predicted octanol–water partition coefficient (Wildman–Crippen LogP) is 6.38. The summed E-state index contributed by atoms with van der Waals surface area (Å²) in [6, 6.07) is 25.4. The zero-order chi connectivity index (χ0) is 18.1. The number of rotatable bonds is 3. The number of halogens is 3. The summed E-state index contributed by atoms with van der Waals surface area (Å²) >= 11 is 0. The van der Waals surface area contributed by atoms with E-state index in [2.05, 4.69) is 4.57 Å². The fourth-order valence-electron chi connectivity index (χ4n) is 3.22.